The highest BCUT2D eigenvalue weighted by Crippen LogP contribution is 2.36. The van der Waals surface area contributed by atoms with E-state index >= 15 is 0 Å². The summed E-state index contributed by atoms with van der Waals surface area (Å²) >= 11 is 0. The van der Waals surface area contributed by atoms with Crippen molar-refractivity contribution in [3.05, 3.63) is 22.3 Å². The van der Waals surface area contributed by atoms with Crippen LogP contribution in [0, 0.1) is 20.8 Å². The lowest BCUT2D eigenvalue weighted by Crippen LogP contribution is -2.44. The molecular formula is C14H22FN3O2S. The van der Waals surface area contributed by atoms with Crippen LogP contribution in [0.3, 0.4) is 0 Å². The van der Waals surface area contributed by atoms with E-state index in [0.717, 1.165) is 43.0 Å². The monoisotopic (exact) mass is 315 g/mol. The van der Waals surface area contributed by atoms with Gasteiger partial charge >= 0.3 is 10.2 Å². The molecule has 118 valence electrons. The third kappa shape index (κ3) is 3.29. The molecule has 0 amide bonds. The maximum atomic E-state index is 13.1. The van der Waals surface area contributed by atoms with Gasteiger partial charge in [-0.05, 0) is 43.0 Å². The zero-order valence-electron chi connectivity index (χ0n) is 12.7. The SMILES string of the molecule is Cc1c(N)c(C)c(N2CCNCC2)c(C)c1CS(=O)(=O)F. The van der Waals surface area contributed by atoms with Crippen LogP contribution < -0.4 is 16.0 Å². The van der Waals surface area contributed by atoms with E-state index in [-0.39, 0.29) is 0 Å². The molecule has 0 aliphatic carbocycles. The normalized spacial score (nSPS) is 16.3. The van der Waals surface area contributed by atoms with Crippen LogP contribution >= 0.6 is 0 Å². The Balaban J connectivity index is 2.59. The number of nitrogens with one attached hydrogen (secondary N) is 1. The van der Waals surface area contributed by atoms with Crippen LogP contribution in [0.2, 0.25) is 0 Å². The Morgan fingerprint density at radius 1 is 1.14 bits per heavy atom. The number of halogens is 1. The molecule has 0 aromatic heterocycles. The number of piperazine rings is 1. The van der Waals surface area contributed by atoms with E-state index < -0.39 is 16.0 Å². The number of nitrogen functional groups attached to an aromatic ring is 1. The Bertz CT molecular complexity index is 653. The van der Waals surface area contributed by atoms with Crippen LogP contribution in [0.15, 0.2) is 0 Å². The molecule has 0 saturated carbocycles. The van der Waals surface area contributed by atoms with Crippen molar-refractivity contribution < 1.29 is 12.3 Å². The highest BCUT2D eigenvalue weighted by Gasteiger charge is 2.23. The predicted octanol–water partition coefficient (Wildman–Crippen LogP) is 1.40. The second kappa shape index (κ2) is 5.81. The summed E-state index contributed by atoms with van der Waals surface area (Å²) in [7, 11) is -4.59. The highest BCUT2D eigenvalue weighted by atomic mass is 32.3. The molecule has 1 aromatic carbocycles. The molecular weight excluding hydrogens is 293 g/mol. The summed E-state index contributed by atoms with van der Waals surface area (Å²) in [6, 6.07) is 0. The lowest BCUT2D eigenvalue weighted by atomic mass is 9.95. The molecule has 0 spiro atoms. The second-order valence-electron chi connectivity index (χ2n) is 5.54. The number of hydrogen-bond acceptors (Lipinski definition) is 5. The highest BCUT2D eigenvalue weighted by molar-refractivity contribution is 7.85. The zero-order chi connectivity index (χ0) is 15.8. The summed E-state index contributed by atoms with van der Waals surface area (Å²) in [6.07, 6.45) is 0. The van der Waals surface area contributed by atoms with Crippen molar-refractivity contribution in [1.82, 2.24) is 5.32 Å². The van der Waals surface area contributed by atoms with E-state index in [1.54, 1.807) is 6.92 Å². The molecule has 0 radical (unpaired) electrons. The smallest absolute Gasteiger partial charge is 0.306 e. The lowest BCUT2D eigenvalue weighted by Gasteiger charge is -2.34. The molecule has 3 N–H and O–H groups in total. The fourth-order valence-corrected chi connectivity index (χ4v) is 3.81. The van der Waals surface area contributed by atoms with Crippen molar-refractivity contribution >= 4 is 21.6 Å². The van der Waals surface area contributed by atoms with Crippen molar-refractivity contribution in [2.45, 2.75) is 26.5 Å². The maximum Gasteiger partial charge on any atom is 0.306 e. The molecule has 1 aromatic rings. The van der Waals surface area contributed by atoms with E-state index in [2.05, 4.69) is 10.2 Å². The number of nitrogens with two attached hydrogens (primary N) is 1. The summed E-state index contributed by atoms with van der Waals surface area (Å²) in [5.41, 5.74) is 10.5. The summed E-state index contributed by atoms with van der Waals surface area (Å²) in [5.74, 6) is -0.617. The number of nitrogens with zero attached hydrogens (tertiary/aromatic N) is 1. The fourth-order valence-electron chi connectivity index (χ4n) is 3.03. The van der Waals surface area contributed by atoms with Gasteiger partial charge in [0.05, 0.1) is 0 Å². The van der Waals surface area contributed by atoms with Crippen molar-refractivity contribution in [2.75, 3.05) is 36.8 Å². The summed E-state index contributed by atoms with van der Waals surface area (Å²) in [5, 5.41) is 3.27. The van der Waals surface area contributed by atoms with Crippen molar-refractivity contribution in [1.29, 1.82) is 0 Å². The molecule has 1 heterocycles. The van der Waals surface area contributed by atoms with Crippen molar-refractivity contribution in [3.63, 3.8) is 0 Å². The van der Waals surface area contributed by atoms with Gasteiger partial charge in [-0.3, -0.25) is 0 Å². The van der Waals surface area contributed by atoms with Gasteiger partial charge in [-0.25, -0.2) is 0 Å². The van der Waals surface area contributed by atoms with Crippen LogP contribution in [0.1, 0.15) is 22.3 Å². The average Bonchev–Trinajstić information content (AvgIpc) is 2.42. The lowest BCUT2D eigenvalue weighted by molar-refractivity contribution is 0.550. The van der Waals surface area contributed by atoms with E-state index in [4.69, 9.17) is 5.73 Å². The van der Waals surface area contributed by atoms with Gasteiger partial charge in [-0.1, -0.05) is 0 Å². The Labute approximate surface area is 125 Å². The minimum Gasteiger partial charge on any atom is -0.398 e. The molecule has 21 heavy (non-hydrogen) atoms. The van der Waals surface area contributed by atoms with Gasteiger partial charge in [0.2, 0.25) is 0 Å². The molecule has 2 rings (SSSR count). The second-order valence-corrected chi connectivity index (χ2v) is 6.90. The van der Waals surface area contributed by atoms with Gasteiger partial charge < -0.3 is 16.0 Å². The van der Waals surface area contributed by atoms with E-state index in [1.807, 2.05) is 13.8 Å². The van der Waals surface area contributed by atoms with E-state index in [0.29, 0.717) is 16.8 Å². The standard InChI is InChI=1S/C14H22FN3O2S/c1-9-12(8-21(15,19)20)10(2)14(11(3)13(9)16)18-6-4-17-5-7-18/h17H,4-8,16H2,1-3H3. The number of anilines is 2. The number of rotatable bonds is 3. The third-order valence-electron chi connectivity index (χ3n) is 4.17. The van der Waals surface area contributed by atoms with Gasteiger partial charge in [-0.15, -0.1) is 3.89 Å². The number of hydrogen-bond donors (Lipinski definition) is 2. The first-order valence-corrected chi connectivity index (χ1v) is 8.53. The molecule has 1 saturated heterocycles. The predicted molar refractivity (Wildman–Crippen MR) is 83.9 cm³/mol. The molecule has 7 heteroatoms. The largest absolute Gasteiger partial charge is 0.398 e. The minimum atomic E-state index is -4.59. The molecule has 0 unspecified atom stereocenters. The summed E-state index contributed by atoms with van der Waals surface area (Å²) in [4.78, 5) is 2.19. The third-order valence-corrected chi connectivity index (χ3v) is 4.81. The van der Waals surface area contributed by atoms with Gasteiger partial charge in [-0.2, -0.15) is 8.42 Å². The van der Waals surface area contributed by atoms with Crippen LogP contribution in [-0.2, 0) is 16.0 Å². The first kappa shape index (κ1) is 16.0. The number of benzene rings is 1. The first-order valence-electron chi connectivity index (χ1n) is 6.98. The van der Waals surface area contributed by atoms with Gasteiger partial charge in [0.25, 0.3) is 0 Å². The first-order chi connectivity index (χ1) is 9.72. The average molecular weight is 315 g/mol. The molecule has 1 aliphatic rings. The van der Waals surface area contributed by atoms with Crippen molar-refractivity contribution in [3.8, 4) is 0 Å². The molecule has 5 nitrogen and oxygen atoms in total. The van der Waals surface area contributed by atoms with E-state index in [9.17, 15) is 12.3 Å². The fraction of sp³-hybridized carbons (Fsp3) is 0.571. The zero-order valence-corrected chi connectivity index (χ0v) is 13.5. The van der Waals surface area contributed by atoms with Crippen molar-refractivity contribution in [2.24, 2.45) is 0 Å². The van der Waals surface area contributed by atoms with Crippen LogP contribution in [0.4, 0.5) is 15.3 Å². The molecule has 0 bridgehead atoms. The van der Waals surface area contributed by atoms with Gasteiger partial charge in [0.1, 0.15) is 5.75 Å². The molecule has 0 atom stereocenters. The Morgan fingerprint density at radius 2 is 1.71 bits per heavy atom. The van der Waals surface area contributed by atoms with Crippen LogP contribution in [0.25, 0.3) is 0 Å². The van der Waals surface area contributed by atoms with E-state index in [1.165, 1.54) is 0 Å². The maximum absolute atomic E-state index is 13.1. The summed E-state index contributed by atoms with van der Waals surface area (Å²) < 4.78 is 35.3. The molecule has 1 fully saturated rings. The minimum absolute atomic E-state index is 0.481. The Kier molecular flexibility index (Phi) is 4.43. The van der Waals surface area contributed by atoms with Crippen LogP contribution in [-0.4, -0.2) is 34.6 Å². The quantitative estimate of drug-likeness (QED) is 0.651. The van der Waals surface area contributed by atoms with Crippen LogP contribution in [0.5, 0.6) is 0 Å². The Hall–Kier alpha value is -1.34. The molecule has 1 aliphatic heterocycles. The summed E-state index contributed by atoms with van der Waals surface area (Å²) in [6.45, 7) is 8.90. The van der Waals surface area contributed by atoms with Gasteiger partial charge in [0, 0.05) is 37.6 Å². The van der Waals surface area contributed by atoms with Gasteiger partial charge in [0.15, 0.2) is 0 Å². The topological polar surface area (TPSA) is 75.4 Å². The Morgan fingerprint density at radius 3 is 2.24 bits per heavy atom.